The second-order valence-electron chi connectivity index (χ2n) is 6.65. The Morgan fingerprint density at radius 3 is 2.32 bits per heavy atom. The monoisotopic (exact) mass is 394 g/mol. The summed E-state index contributed by atoms with van der Waals surface area (Å²) in [6, 6.07) is 16.6. The molecule has 5 nitrogen and oxygen atoms in total. The molecule has 142 valence electrons. The summed E-state index contributed by atoms with van der Waals surface area (Å²) in [7, 11) is 0. The SMILES string of the molecule is O=C(/C=C/c1ccc(Cl)cc1)N1CCN(C(=O)c2cc3ccccc3o2)CC1. The summed E-state index contributed by atoms with van der Waals surface area (Å²) in [5, 5.41) is 1.57. The van der Waals surface area contributed by atoms with Gasteiger partial charge in [0.2, 0.25) is 5.91 Å². The molecule has 28 heavy (non-hydrogen) atoms. The molecule has 2 heterocycles. The molecule has 2 aromatic carbocycles. The second-order valence-corrected chi connectivity index (χ2v) is 7.09. The highest BCUT2D eigenvalue weighted by atomic mass is 35.5. The third-order valence-corrected chi connectivity index (χ3v) is 5.06. The molecule has 1 aromatic heterocycles. The molecule has 0 aliphatic carbocycles. The number of halogens is 1. The fourth-order valence-corrected chi connectivity index (χ4v) is 3.35. The van der Waals surface area contributed by atoms with E-state index in [-0.39, 0.29) is 11.8 Å². The Balaban J connectivity index is 1.35. The average molecular weight is 395 g/mol. The molecular formula is C22H19ClN2O3. The fraction of sp³-hybridized carbons (Fsp3) is 0.182. The van der Waals surface area contributed by atoms with E-state index in [1.54, 1.807) is 40.2 Å². The standard InChI is InChI=1S/C22H19ClN2O3/c23-18-8-5-16(6-9-18)7-10-21(26)24-11-13-25(14-12-24)22(27)20-15-17-3-1-2-4-19(17)28-20/h1-10,15H,11-14H2/b10-7+. The summed E-state index contributed by atoms with van der Waals surface area (Å²) in [5.41, 5.74) is 1.61. The lowest BCUT2D eigenvalue weighted by atomic mass is 10.2. The molecule has 1 saturated heterocycles. The molecule has 3 aromatic rings. The predicted octanol–water partition coefficient (Wildman–Crippen LogP) is 4.08. The number of hydrogen-bond donors (Lipinski definition) is 0. The van der Waals surface area contributed by atoms with Crippen molar-refractivity contribution in [3.8, 4) is 0 Å². The number of hydrogen-bond acceptors (Lipinski definition) is 3. The molecule has 1 aliphatic rings. The topological polar surface area (TPSA) is 53.8 Å². The maximum absolute atomic E-state index is 12.7. The van der Waals surface area contributed by atoms with Gasteiger partial charge in [-0.2, -0.15) is 0 Å². The van der Waals surface area contributed by atoms with Gasteiger partial charge in [0.15, 0.2) is 5.76 Å². The van der Waals surface area contributed by atoms with Crippen molar-refractivity contribution in [3.63, 3.8) is 0 Å². The van der Waals surface area contributed by atoms with E-state index in [2.05, 4.69) is 0 Å². The third kappa shape index (κ3) is 3.94. The highest BCUT2D eigenvalue weighted by molar-refractivity contribution is 6.30. The van der Waals surface area contributed by atoms with Gasteiger partial charge >= 0.3 is 0 Å². The van der Waals surface area contributed by atoms with Gasteiger partial charge in [0.1, 0.15) is 5.58 Å². The molecule has 0 radical (unpaired) electrons. The van der Waals surface area contributed by atoms with E-state index < -0.39 is 0 Å². The summed E-state index contributed by atoms with van der Waals surface area (Å²) in [5.74, 6) is 0.134. The van der Waals surface area contributed by atoms with Crippen molar-refractivity contribution in [3.05, 3.63) is 77.0 Å². The first kappa shape index (κ1) is 18.3. The Hall–Kier alpha value is -3.05. The fourth-order valence-electron chi connectivity index (χ4n) is 3.22. The summed E-state index contributed by atoms with van der Waals surface area (Å²) in [6.45, 7) is 1.96. The lowest BCUT2D eigenvalue weighted by molar-refractivity contribution is -0.127. The van der Waals surface area contributed by atoms with Crippen LogP contribution in [-0.2, 0) is 4.79 Å². The summed E-state index contributed by atoms with van der Waals surface area (Å²) in [4.78, 5) is 28.6. The van der Waals surface area contributed by atoms with Gasteiger partial charge in [-0.25, -0.2) is 0 Å². The summed E-state index contributed by atoms with van der Waals surface area (Å²) < 4.78 is 5.66. The van der Waals surface area contributed by atoms with Crippen molar-refractivity contribution in [2.24, 2.45) is 0 Å². The molecule has 1 aliphatic heterocycles. The van der Waals surface area contributed by atoms with Crippen molar-refractivity contribution in [1.29, 1.82) is 0 Å². The molecule has 0 saturated carbocycles. The molecule has 6 heteroatoms. The molecule has 4 rings (SSSR count). The van der Waals surface area contributed by atoms with E-state index >= 15 is 0 Å². The van der Waals surface area contributed by atoms with Crippen LogP contribution in [-0.4, -0.2) is 47.8 Å². The van der Waals surface area contributed by atoms with E-state index in [1.807, 2.05) is 36.4 Å². The minimum atomic E-state index is -0.139. The number of amides is 2. The molecule has 0 N–H and O–H groups in total. The van der Waals surface area contributed by atoms with Crippen LogP contribution in [0.2, 0.25) is 5.02 Å². The largest absolute Gasteiger partial charge is 0.451 e. The molecule has 0 unspecified atom stereocenters. The molecule has 0 atom stereocenters. The maximum Gasteiger partial charge on any atom is 0.289 e. The Morgan fingerprint density at radius 1 is 0.929 bits per heavy atom. The number of piperazine rings is 1. The molecule has 0 spiro atoms. The summed E-state index contributed by atoms with van der Waals surface area (Å²) >= 11 is 5.86. The van der Waals surface area contributed by atoms with Gasteiger partial charge in [0.25, 0.3) is 5.91 Å². The Kier molecular flexibility index (Phi) is 5.17. The van der Waals surface area contributed by atoms with E-state index in [4.69, 9.17) is 16.0 Å². The van der Waals surface area contributed by atoms with Crippen molar-refractivity contribution in [2.45, 2.75) is 0 Å². The highest BCUT2D eigenvalue weighted by Crippen LogP contribution is 2.20. The zero-order chi connectivity index (χ0) is 19.5. The average Bonchev–Trinajstić information content (AvgIpc) is 3.17. The normalized spacial score (nSPS) is 14.8. The van der Waals surface area contributed by atoms with Crippen LogP contribution in [0.5, 0.6) is 0 Å². The van der Waals surface area contributed by atoms with Crippen molar-refractivity contribution < 1.29 is 14.0 Å². The van der Waals surface area contributed by atoms with Gasteiger partial charge in [-0.15, -0.1) is 0 Å². The van der Waals surface area contributed by atoms with Crippen LogP contribution >= 0.6 is 11.6 Å². The van der Waals surface area contributed by atoms with Gasteiger partial charge in [-0.1, -0.05) is 41.9 Å². The Labute approximate surface area is 167 Å². The number of furan rings is 1. The van der Waals surface area contributed by atoms with Crippen molar-refractivity contribution >= 4 is 40.5 Å². The van der Waals surface area contributed by atoms with Crippen LogP contribution in [0.1, 0.15) is 16.1 Å². The van der Waals surface area contributed by atoms with E-state index in [0.717, 1.165) is 10.9 Å². The maximum atomic E-state index is 12.7. The van der Waals surface area contributed by atoms with Gasteiger partial charge in [-0.3, -0.25) is 9.59 Å². The predicted molar refractivity (Wildman–Crippen MR) is 109 cm³/mol. The number of nitrogens with zero attached hydrogens (tertiary/aromatic N) is 2. The first-order valence-electron chi connectivity index (χ1n) is 9.10. The molecule has 1 fully saturated rings. The second kappa shape index (κ2) is 7.90. The van der Waals surface area contributed by atoms with Crippen molar-refractivity contribution in [2.75, 3.05) is 26.2 Å². The minimum absolute atomic E-state index is 0.0641. The number of carbonyl (C=O) groups excluding carboxylic acids is 2. The lowest BCUT2D eigenvalue weighted by Crippen LogP contribution is -2.50. The third-order valence-electron chi connectivity index (χ3n) is 4.80. The number of benzene rings is 2. The van der Waals surface area contributed by atoms with Crippen LogP contribution in [0.15, 0.2) is 65.1 Å². The van der Waals surface area contributed by atoms with Gasteiger partial charge in [0.05, 0.1) is 0 Å². The number of rotatable bonds is 3. The minimum Gasteiger partial charge on any atom is -0.451 e. The number of carbonyl (C=O) groups is 2. The van der Waals surface area contributed by atoms with Crippen LogP contribution in [0, 0.1) is 0 Å². The number of para-hydroxylation sites is 1. The van der Waals surface area contributed by atoms with E-state index in [0.29, 0.717) is 42.5 Å². The first-order chi connectivity index (χ1) is 13.6. The quantitative estimate of drug-likeness (QED) is 0.629. The van der Waals surface area contributed by atoms with E-state index in [9.17, 15) is 9.59 Å². The Morgan fingerprint density at radius 2 is 1.61 bits per heavy atom. The van der Waals surface area contributed by atoms with Crippen molar-refractivity contribution in [1.82, 2.24) is 9.80 Å². The number of fused-ring (bicyclic) bond motifs is 1. The highest BCUT2D eigenvalue weighted by Gasteiger charge is 2.25. The molecular weight excluding hydrogens is 376 g/mol. The zero-order valence-corrected chi connectivity index (χ0v) is 15.9. The van der Waals surface area contributed by atoms with Crippen LogP contribution in [0.25, 0.3) is 17.0 Å². The van der Waals surface area contributed by atoms with Gasteiger partial charge in [0, 0.05) is 42.7 Å². The van der Waals surface area contributed by atoms with Gasteiger partial charge < -0.3 is 14.2 Å². The van der Waals surface area contributed by atoms with Crippen LogP contribution < -0.4 is 0 Å². The van der Waals surface area contributed by atoms with Crippen LogP contribution in [0.3, 0.4) is 0 Å². The Bertz CT molecular complexity index is 998. The van der Waals surface area contributed by atoms with E-state index in [1.165, 1.54) is 0 Å². The lowest BCUT2D eigenvalue weighted by Gasteiger charge is -2.33. The first-order valence-corrected chi connectivity index (χ1v) is 9.48. The molecule has 0 bridgehead atoms. The van der Waals surface area contributed by atoms with Crippen LogP contribution in [0.4, 0.5) is 0 Å². The summed E-state index contributed by atoms with van der Waals surface area (Å²) in [6.07, 6.45) is 3.32. The smallest absolute Gasteiger partial charge is 0.289 e. The van der Waals surface area contributed by atoms with Gasteiger partial charge in [-0.05, 0) is 35.9 Å². The molecule has 2 amide bonds. The zero-order valence-electron chi connectivity index (χ0n) is 15.2.